The highest BCUT2D eigenvalue weighted by Gasteiger charge is 2.01. The highest BCUT2D eigenvalue weighted by atomic mass is 32.2. The van der Waals surface area contributed by atoms with Crippen LogP contribution in [-0.2, 0) is 4.79 Å². The lowest BCUT2D eigenvalue weighted by molar-refractivity contribution is -0.118. The van der Waals surface area contributed by atoms with Gasteiger partial charge in [0.1, 0.15) is 5.82 Å². The molecule has 0 heterocycles. The first kappa shape index (κ1) is 11.6. The van der Waals surface area contributed by atoms with Crippen molar-refractivity contribution in [3.05, 3.63) is 30.1 Å². The molecule has 0 unspecified atom stereocenters. The highest BCUT2D eigenvalue weighted by molar-refractivity contribution is 8.00. The van der Waals surface area contributed by atoms with Crippen LogP contribution in [0.1, 0.15) is 0 Å². The number of benzene rings is 1. The number of amides is 1. The Morgan fingerprint density at radius 3 is 2.73 bits per heavy atom. The predicted molar refractivity (Wildman–Crippen MR) is 59.0 cm³/mol. The van der Waals surface area contributed by atoms with Crippen LogP contribution in [0.5, 0.6) is 0 Å². The van der Waals surface area contributed by atoms with Crippen LogP contribution >= 0.6 is 11.8 Å². The minimum atomic E-state index is -0.281. The molecule has 0 aliphatic carbocycles. The maximum Gasteiger partial charge on any atom is 0.231 e. The zero-order valence-corrected chi connectivity index (χ0v) is 8.81. The lowest BCUT2D eigenvalue weighted by Gasteiger charge is -2.01. The fourth-order valence-electron chi connectivity index (χ4n) is 0.880. The Hall–Kier alpha value is -1.47. The van der Waals surface area contributed by atoms with Crippen molar-refractivity contribution in [2.45, 2.75) is 4.90 Å². The molecule has 1 aromatic rings. The summed E-state index contributed by atoms with van der Waals surface area (Å²) in [6.45, 7) is 0.239. The SMILES string of the molecule is C#CCNC(=O)CSc1ccc(F)cc1. The van der Waals surface area contributed by atoms with Crippen LogP contribution < -0.4 is 5.32 Å². The summed E-state index contributed by atoms with van der Waals surface area (Å²) in [7, 11) is 0. The van der Waals surface area contributed by atoms with E-state index in [9.17, 15) is 9.18 Å². The van der Waals surface area contributed by atoms with Crippen LogP contribution in [0.4, 0.5) is 4.39 Å². The molecular weight excluding hydrogens is 213 g/mol. The van der Waals surface area contributed by atoms with E-state index in [2.05, 4.69) is 11.2 Å². The van der Waals surface area contributed by atoms with Gasteiger partial charge in [-0.3, -0.25) is 4.79 Å². The number of terminal acetylenes is 1. The quantitative estimate of drug-likeness (QED) is 0.621. The number of nitrogens with one attached hydrogen (secondary N) is 1. The van der Waals surface area contributed by atoms with Crippen LogP contribution in [0.2, 0.25) is 0 Å². The first-order valence-corrected chi connectivity index (χ1v) is 5.29. The van der Waals surface area contributed by atoms with Gasteiger partial charge in [-0.05, 0) is 24.3 Å². The van der Waals surface area contributed by atoms with Gasteiger partial charge in [0.25, 0.3) is 0 Å². The minimum Gasteiger partial charge on any atom is -0.344 e. The number of carbonyl (C=O) groups is 1. The third-order valence-electron chi connectivity index (χ3n) is 1.57. The molecule has 0 bridgehead atoms. The Morgan fingerprint density at radius 2 is 2.13 bits per heavy atom. The van der Waals surface area contributed by atoms with Crippen LogP contribution in [0, 0.1) is 18.2 Å². The van der Waals surface area contributed by atoms with Gasteiger partial charge in [0.05, 0.1) is 12.3 Å². The third-order valence-corrected chi connectivity index (χ3v) is 2.58. The molecule has 4 heteroatoms. The van der Waals surface area contributed by atoms with Gasteiger partial charge in [0, 0.05) is 4.90 Å². The van der Waals surface area contributed by atoms with E-state index in [1.54, 1.807) is 12.1 Å². The number of halogens is 1. The molecule has 0 radical (unpaired) electrons. The van der Waals surface area contributed by atoms with E-state index >= 15 is 0 Å². The van der Waals surface area contributed by atoms with Gasteiger partial charge in [-0.15, -0.1) is 18.2 Å². The number of rotatable bonds is 4. The lowest BCUT2D eigenvalue weighted by Crippen LogP contribution is -2.25. The molecule has 0 saturated carbocycles. The second kappa shape index (κ2) is 6.10. The molecule has 1 aromatic carbocycles. The van der Waals surface area contributed by atoms with Crippen LogP contribution in [-0.4, -0.2) is 18.2 Å². The van der Waals surface area contributed by atoms with Gasteiger partial charge in [-0.1, -0.05) is 5.92 Å². The number of thioether (sulfide) groups is 1. The van der Waals surface area contributed by atoms with Crippen molar-refractivity contribution < 1.29 is 9.18 Å². The zero-order valence-electron chi connectivity index (χ0n) is 8.00. The van der Waals surface area contributed by atoms with Crippen molar-refractivity contribution in [1.29, 1.82) is 0 Å². The number of carbonyl (C=O) groups excluding carboxylic acids is 1. The zero-order chi connectivity index (χ0) is 11.1. The average molecular weight is 223 g/mol. The molecule has 1 N–H and O–H groups in total. The van der Waals surface area contributed by atoms with Crippen molar-refractivity contribution in [2.75, 3.05) is 12.3 Å². The molecule has 0 saturated heterocycles. The summed E-state index contributed by atoms with van der Waals surface area (Å²) >= 11 is 1.34. The Morgan fingerprint density at radius 1 is 1.47 bits per heavy atom. The summed E-state index contributed by atoms with van der Waals surface area (Å²) in [4.78, 5) is 12.0. The largest absolute Gasteiger partial charge is 0.344 e. The van der Waals surface area contributed by atoms with Crippen molar-refractivity contribution in [2.24, 2.45) is 0 Å². The maximum absolute atomic E-state index is 12.5. The molecule has 15 heavy (non-hydrogen) atoms. The molecule has 1 rings (SSSR count). The van der Waals surface area contributed by atoms with Crippen molar-refractivity contribution in [1.82, 2.24) is 5.32 Å². The maximum atomic E-state index is 12.5. The monoisotopic (exact) mass is 223 g/mol. The van der Waals surface area contributed by atoms with E-state index in [1.165, 1.54) is 23.9 Å². The van der Waals surface area contributed by atoms with Crippen molar-refractivity contribution >= 4 is 17.7 Å². The highest BCUT2D eigenvalue weighted by Crippen LogP contribution is 2.17. The van der Waals surface area contributed by atoms with E-state index in [-0.39, 0.29) is 24.0 Å². The second-order valence-corrected chi connectivity index (χ2v) is 3.77. The molecule has 0 aromatic heterocycles. The van der Waals surface area contributed by atoms with E-state index in [1.807, 2.05) is 0 Å². The third kappa shape index (κ3) is 4.52. The Labute approximate surface area is 92.3 Å². The van der Waals surface area contributed by atoms with Crippen LogP contribution in [0.25, 0.3) is 0 Å². The molecule has 0 aliphatic rings. The fraction of sp³-hybridized carbons (Fsp3) is 0.182. The standard InChI is InChI=1S/C11H10FNOS/c1-2-7-13-11(14)8-15-10-5-3-9(12)4-6-10/h1,3-6H,7-8H2,(H,13,14). The van der Waals surface area contributed by atoms with Gasteiger partial charge in [0.2, 0.25) is 5.91 Å². The molecule has 1 amide bonds. The average Bonchev–Trinajstić information content (AvgIpc) is 2.25. The summed E-state index contributed by atoms with van der Waals surface area (Å²) in [5.41, 5.74) is 0. The summed E-state index contributed by atoms with van der Waals surface area (Å²) in [5.74, 6) is 2.19. The van der Waals surface area contributed by atoms with Crippen LogP contribution in [0.15, 0.2) is 29.2 Å². The molecule has 2 nitrogen and oxygen atoms in total. The predicted octanol–water partition coefficient (Wildman–Crippen LogP) is 1.67. The molecule has 0 aliphatic heterocycles. The smallest absolute Gasteiger partial charge is 0.231 e. The molecule has 78 valence electrons. The summed E-state index contributed by atoms with van der Waals surface area (Å²) in [5, 5.41) is 2.54. The molecule has 0 spiro atoms. The molecule has 0 atom stereocenters. The number of hydrogen-bond acceptors (Lipinski definition) is 2. The first-order chi connectivity index (χ1) is 7.22. The van der Waals surface area contributed by atoms with Gasteiger partial charge in [-0.25, -0.2) is 4.39 Å². The molecular formula is C11H10FNOS. The van der Waals surface area contributed by atoms with E-state index in [0.29, 0.717) is 0 Å². The first-order valence-electron chi connectivity index (χ1n) is 4.31. The Kier molecular flexibility index (Phi) is 4.72. The Bertz CT molecular complexity index is 369. The normalized spacial score (nSPS) is 9.33. The van der Waals surface area contributed by atoms with Gasteiger partial charge < -0.3 is 5.32 Å². The van der Waals surface area contributed by atoms with E-state index < -0.39 is 0 Å². The Balaban J connectivity index is 2.34. The van der Waals surface area contributed by atoms with Gasteiger partial charge in [0.15, 0.2) is 0 Å². The summed E-state index contributed by atoms with van der Waals surface area (Å²) in [6, 6.07) is 5.99. The van der Waals surface area contributed by atoms with E-state index in [0.717, 1.165) is 4.90 Å². The topological polar surface area (TPSA) is 29.1 Å². The minimum absolute atomic E-state index is 0.123. The number of hydrogen-bond donors (Lipinski definition) is 1. The van der Waals surface area contributed by atoms with Gasteiger partial charge in [-0.2, -0.15) is 0 Å². The van der Waals surface area contributed by atoms with Gasteiger partial charge >= 0.3 is 0 Å². The lowest BCUT2D eigenvalue weighted by atomic mass is 10.4. The van der Waals surface area contributed by atoms with Crippen molar-refractivity contribution in [3.63, 3.8) is 0 Å². The van der Waals surface area contributed by atoms with E-state index in [4.69, 9.17) is 6.42 Å². The fourth-order valence-corrected chi connectivity index (χ4v) is 1.61. The summed E-state index contributed by atoms with van der Waals surface area (Å²) < 4.78 is 12.5. The molecule has 0 fully saturated rings. The summed E-state index contributed by atoms with van der Waals surface area (Å²) in [6.07, 6.45) is 4.99. The second-order valence-electron chi connectivity index (χ2n) is 2.72. The van der Waals surface area contributed by atoms with Crippen molar-refractivity contribution in [3.8, 4) is 12.3 Å². The van der Waals surface area contributed by atoms with Crippen LogP contribution in [0.3, 0.4) is 0 Å².